The van der Waals surface area contributed by atoms with Crippen LogP contribution in [0.1, 0.15) is 25.3 Å². The summed E-state index contributed by atoms with van der Waals surface area (Å²) in [6, 6.07) is 5.34. The largest absolute Gasteiger partial charge is 0.493 e. The number of nitrogens with zero attached hydrogens (tertiary/aromatic N) is 1. The van der Waals surface area contributed by atoms with Crippen molar-refractivity contribution < 1.29 is 22.7 Å². The van der Waals surface area contributed by atoms with Gasteiger partial charge in [-0.05, 0) is 24.1 Å². The van der Waals surface area contributed by atoms with Gasteiger partial charge in [-0.2, -0.15) is 4.31 Å². The molecule has 0 saturated heterocycles. The molecule has 0 unspecified atom stereocenters. The maximum atomic E-state index is 12.0. The lowest BCUT2D eigenvalue weighted by Crippen LogP contribution is -2.40. The van der Waals surface area contributed by atoms with Crippen LogP contribution >= 0.6 is 0 Å². The number of carbonyl (C=O) groups is 1. The Morgan fingerprint density at radius 1 is 1.21 bits per heavy atom. The molecule has 24 heavy (non-hydrogen) atoms. The van der Waals surface area contributed by atoms with Crippen LogP contribution in [0.3, 0.4) is 0 Å². The fourth-order valence-corrected chi connectivity index (χ4v) is 2.92. The number of amides is 1. The van der Waals surface area contributed by atoms with Crippen molar-refractivity contribution in [1.82, 2.24) is 9.62 Å². The van der Waals surface area contributed by atoms with Gasteiger partial charge in [0.1, 0.15) is 0 Å². The first kappa shape index (κ1) is 20.2. The molecule has 0 radical (unpaired) electrons. The molecule has 7 nitrogen and oxygen atoms in total. The molecule has 0 aliphatic carbocycles. The second kappa shape index (κ2) is 9.48. The molecular weight excluding hydrogens is 332 g/mol. The van der Waals surface area contributed by atoms with Crippen molar-refractivity contribution in [3.63, 3.8) is 0 Å². The Bertz CT molecular complexity index is 646. The zero-order valence-corrected chi connectivity index (χ0v) is 15.5. The third kappa shape index (κ3) is 6.37. The van der Waals surface area contributed by atoms with E-state index < -0.39 is 10.0 Å². The lowest BCUT2D eigenvalue weighted by atomic mass is 10.2. The Hall–Kier alpha value is -1.80. The topological polar surface area (TPSA) is 84.9 Å². The molecule has 0 heterocycles. The number of nitrogens with one attached hydrogen (secondary N) is 1. The van der Waals surface area contributed by atoms with Crippen molar-refractivity contribution in [3.05, 3.63) is 23.8 Å². The fraction of sp³-hybridized carbons (Fsp3) is 0.562. The molecule has 0 atom stereocenters. The summed E-state index contributed by atoms with van der Waals surface area (Å²) in [6.07, 6.45) is 2.69. The second-order valence-electron chi connectivity index (χ2n) is 5.42. The number of unbranched alkanes of at least 4 members (excludes halogenated alkanes) is 1. The van der Waals surface area contributed by atoms with Gasteiger partial charge in [-0.15, -0.1) is 0 Å². The van der Waals surface area contributed by atoms with Gasteiger partial charge in [-0.3, -0.25) is 4.79 Å². The monoisotopic (exact) mass is 358 g/mol. The van der Waals surface area contributed by atoms with Gasteiger partial charge in [-0.1, -0.05) is 19.4 Å². The summed E-state index contributed by atoms with van der Waals surface area (Å²) in [7, 11) is -0.308. The molecule has 1 rings (SSSR count). The van der Waals surface area contributed by atoms with E-state index in [2.05, 4.69) is 5.32 Å². The van der Waals surface area contributed by atoms with Crippen molar-refractivity contribution in [2.45, 2.75) is 26.3 Å². The molecule has 0 spiro atoms. The molecule has 0 bridgehead atoms. The van der Waals surface area contributed by atoms with Crippen molar-refractivity contribution in [2.24, 2.45) is 0 Å². The average Bonchev–Trinajstić information content (AvgIpc) is 2.55. The summed E-state index contributed by atoms with van der Waals surface area (Å²) in [4.78, 5) is 12.0. The predicted octanol–water partition coefficient (Wildman–Crippen LogP) is 1.38. The van der Waals surface area contributed by atoms with Crippen LogP contribution < -0.4 is 14.8 Å². The average molecular weight is 358 g/mol. The Morgan fingerprint density at radius 2 is 1.88 bits per heavy atom. The first-order chi connectivity index (χ1) is 11.3. The fourth-order valence-electron chi connectivity index (χ4n) is 2.10. The van der Waals surface area contributed by atoms with Crippen LogP contribution in [0.5, 0.6) is 11.5 Å². The van der Waals surface area contributed by atoms with E-state index >= 15 is 0 Å². The molecular formula is C16H26N2O5S. The molecule has 0 saturated carbocycles. The number of hydrogen-bond acceptors (Lipinski definition) is 5. The van der Waals surface area contributed by atoms with Crippen molar-refractivity contribution >= 4 is 15.9 Å². The first-order valence-electron chi connectivity index (χ1n) is 7.74. The van der Waals surface area contributed by atoms with Gasteiger partial charge in [-0.25, -0.2) is 8.42 Å². The van der Waals surface area contributed by atoms with Crippen molar-refractivity contribution in [3.8, 4) is 11.5 Å². The number of sulfonamides is 1. The van der Waals surface area contributed by atoms with Gasteiger partial charge in [0.05, 0.1) is 27.0 Å². The van der Waals surface area contributed by atoms with Crippen LogP contribution in [-0.2, 0) is 21.4 Å². The molecule has 1 amide bonds. The van der Waals surface area contributed by atoms with E-state index in [-0.39, 0.29) is 19.0 Å². The highest BCUT2D eigenvalue weighted by Crippen LogP contribution is 2.27. The van der Waals surface area contributed by atoms with Gasteiger partial charge in [0.15, 0.2) is 11.5 Å². The van der Waals surface area contributed by atoms with Crippen LogP contribution in [0.25, 0.3) is 0 Å². The highest BCUT2D eigenvalue weighted by molar-refractivity contribution is 7.88. The van der Waals surface area contributed by atoms with Crippen LogP contribution in [-0.4, -0.2) is 52.2 Å². The summed E-state index contributed by atoms with van der Waals surface area (Å²) >= 11 is 0. The highest BCUT2D eigenvalue weighted by Gasteiger charge is 2.19. The summed E-state index contributed by atoms with van der Waals surface area (Å²) in [6.45, 7) is 2.42. The van der Waals surface area contributed by atoms with E-state index in [1.807, 2.05) is 13.0 Å². The minimum atomic E-state index is -3.40. The molecule has 1 aromatic carbocycles. The summed E-state index contributed by atoms with van der Waals surface area (Å²) in [5.74, 6) is 0.840. The van der Waals surface area contributed by atoms with Gasteiger partial charge < -0.3 is 14.8 Å². The standard InChI is InChI=1S/C16H26N2O5S/c1-5-6-9-18(24(4,20)21)12-16(19)17-11-13-7-8-14(22-2)15(10-13)23-3/h7-8,10H,5-6,9,11-12H2,1-4H3,(H,17,19). The third-order valence-electron chi connectivity index (χ3n) is 3.49. The number of carbonyl (C=O) groups excluding carboxylic acids is 1. The summed E-state index contributed by atoms with van der Waals surface area (Å²) in [5, 5.41) is 2.73. The number of benzene rings is 1. The van der Waals surface area contributed by atoms with E-state index in [0.717, 1.165) is 24.7 Å². The molecule has 0 fully saturated rings. The van der Waals surface area contributed by atoms with E-state index in [1.165, 1.54) is 11.4 Å². The quantitative estimate of drug-likeness (QED) is 0.683. The molecule has 0 aliphatic rings. The Labute approximate surface area is 144 Å². The number of methoxy groups -OCH3 is 2. The van der Waals surface area contributed by atoms with E-state index in [1.54, 1.807) is 19.2 Å². The van der Waals surface area contributed by atoms with Gasteiger partial charge in [0.2, 0.25) is 15.9 Å². The highest BCUT2D eigenvalue weighted by atomic mass is 32.2. The van der Waals surface area contributed by atoms with E-state index in [4.69, 9.17) is 9.47 Å². The maximum absolute atomic E-state index is 12.0. The van der Waals surface area contributed by atoms with Gasteiger partial charge in [0, 0.05) is 13.1 Å². The smallest absolute Gasteiger partial charge is 0.235 e. The van der Waals surface area contributed by atoms with Gasteiger partial charge >= 0.3 is 0 Å². The van der Waals surface area contributed by atoms with Crippen molar-refractivity contribution in [2.75, 3.05) is 33.6 Å². The lowest BCUT2D eigenvalue weighted by Gasteiger charge is -2.19. The zero-order valence-electron chi connectivity index (χ0n) is 14.7. The van der Waals surface area contributed by atoms with Crippen molar-refractivity contribution in [1.29, 1.82) is 0 Å². The third-order valence-corrected chi connectivity index (χ3v) is 4.74. The van der Waals surface area contributed by atoms with Gasteiger partial charge in [0.25, 0.3) is 0 Å². The second-order valence-corrected chi connectivity index (χ2v) is 7.40. The Morgan fingerprint density at radius 3 is 2.42 bits per heavy atom. The maximum Gasteiger partial charge on any atom is 0.235 e. The lowest BCUT2D eigenvalue weighted by molar-refractivity contribution is -0.121. The summed E-state index contributed by atoms with van der Waals surface area (Å²) < 4.78 is 35.0. The Balaban J connectivity index is 2.64. The predicted molar refractivity (Wildman–Crippen MR) is 92.7 cm³/mol. The first-order valence-corrected chi connectivity index (χ1v) is 9.59. The number of hydrogen-bond donors (Lipinski definition) is 1. The van der Waals surface area contributed by atoms with Crippen LogP contribution in [0.15, 0.2) is 18.2 Å². The molecule has 1 N–H and O–H groups in total. The van der Waals surface area contributed by atoms with Crippen LogP contribution in [0, 0.1) is 0 Å². The SMILES string of the molecule is CCCCN(CC(=O)NCc1ccc(OC)c(OC)c1)S(C)(=O)=O. The zero-order chi connectivity index (χ0) is 18.2. The number of rotatable bonds is 10. The molecule has 0 aromatic heterocycles. The number of ether oxygens (including phenoxy) is 2. The minimum absolute atomic E-state index is 0.174. The van der Waals surface area contributed by atoms with Crippen LogP contribution in [0.4, 0.5) is 0 Å². The molecule has 136 valence electrons. The summed E-state index contributed by atoms with van der Waals surface area (Å²) in [5.41, 5.74) is 0.834. The molecule has 0 aliphatic heterocycles. The van der Waals surface area contributed by atoms with E-state index in [0.29, 0.717) is 18.0 Å². The minimum Gasteiger partial charge on any atom is -0.493 e. The molecule has 1 aromatic rings. The van der Waals surface area contributed by atoms with E-state index in [9.17, 15) is 13.2 Å². The normalized spacial score (nSPS) is 11.4. The molecule has 8 heteroatoms. The Kier molecular flexibility index (Phi) is 8.00. The van der Waals surface area contributed by atoms with Crippen LogP contribution in [0.2, 0.25) is 0 Å².